The van der Waals surface area contributed by atoms with Gasteiger partial charge in [-0.2, -0.15) is 0 Å². The van der Waals surface area contributed by atoms with Crippen molar-refractivity contribution in [3.63, 3.8) is 0 Å². The van der Waals surface area contributed by atoms with Crippen LogP contribution in [0.25, 0.3) is 0 Å². The molecular formula is C16H16BrFO2. The Kier molecular flexibility index (Phi) is 5.15. The fraction of sp³-hybridized carbons (Fsp3) is 0.250. The minimum absolute atomic E-state index is 0.307. The molecular weight excluding hydrogens is 323 g/mol. The topological polar surface area (TPSA) is 29.5 Å². The molecule has 0 radical (unpaired) electrons. The fourth-order valence-corrected chi connectivity index (χ4v) is 2.47. The van der Waals surface area contributed by atoms with Crippen LogP contribution in [-0.2, 0) is 6.42 Å². The van der Waals surface area contributed by atoms with Crippen LogP contribution in [0.15, 0.2) is 46.9 Å². The summed E-state index contributed by atoms with van der Waals surface area (Å²) in [4.78, 5) is 0. The highest BCUT2D eigenvalue weighted by atomic mass is 79.9. The van der Waals surface area contributed by atoms with Crippen molar-refractivity contribution in [2.24, 2.45) is 0 Å². The molecule has 0 aromatic heterocycles. The Morgan fingerprint density at radius 2 is 2.00 bits per heavy atom. The van der Waals surface area contributed by atoms with Gasteiger partial charge in [0, 0.05) is 12.0 Å². The van der Waals surface area contributed by atoms with E-state index in [2.05, 4.69) is 15.9 Å². The maximum atomic E-state index is 13.2. The molecule has 0 aliphatic carbocycles. The van der Waals surface area contributed by atoms with Crippen molar-refractivity contribution in [1.82, 2.24) is 0 Å². The number of ether oxygens (including phenoxy) is 1. The second kappa shape index (κ2) is 6.86. The maximum Gasteiger partial charge on any atom is 0.137 e. The summed E-state index contributed by atoms with van der Waals surface area (Å²) >= 11 is 3.15. The van der Waals surface area contributed by atoms with Gasteiger partial charge in [-0.1, -0.05) is 24.3 Å². The number of benzene rings is 2. The number of para-hydroxylation sites is 1. The van der Waals surface area contributed by atoms with Gasteiger partial charge >= 0.3 is 0 Å². The lowest BCUT2D eigenvalue weighted by molar-refractivity contribution is 0.172. The molecule has 0 fully saturated rings. The van der Waals surface area contributed by atoms with Crippen LogP contribution in [0.2, 0.25) is 0 Å². The summed E-state index contributed by atoms with van der Waals surface area (Å²) in [6, 6.07) is 12.2. The smallest absolute Gasteiger partial charge is 0.137 e. The summed E-state index contributed by atoms with van der Waals surface area (Å²) in [6.07, 6.45) is -0.279. The molecule has 20 heavy (non-hydrogen) atoms. The molecule has 1 unspecified atom stereocenters. The highest BCUT2D eigenvalue weighted by Crippen LogP contribution is 2.28. The minimum Gasteiger partial charge on any atom is -0.493 e. The summed E-state index contributed by atoms with van der Waals surface area (Å²) in [5, 5.41) is 10.4. The third kappa shape index (κ3) is 3.58. The fourth-order valence-electron chi connectivity index (χ4n) is 2.04. The first-order valence-electron chi connectivity index (χ1n) is 6.45. The van der Waals surface area contributed by atoms with Crippen molar-refractivity contribution in [3.8, 4) is 5.75 Å². The zero-order chi connectivity index (χ0) is 14.5. The molecule has 2 aromatic carbocycles. The van der Waals surface area contributed by atoms with E-state index in [-0.39, 0.29) is 5.82 Å². The van der Waals surface area contributed by atoms with Crippen LogP contribution >= 0.6 is 15.9 Å². The summed E-state index contributed by atoms with van der Waals surface area (Å²) in [5.41, 5.74) is 1.60. The van der Waals surface area contributed by atoms with Gasteiger partial charge in [0.05, 0.1) is 17.2 Å². The average Bonchev–Trinajstić information content (AvgIpc) is 2.44. The second-order valence-corrected chi connectivity index (χ2v) is 5.29. The van der Waals surface area contributed by atoms with Gasteiger partial charge in [0.15, 0.2) is 0 Å². The van der Waals surface area contributed by atoms with E-state index < -0.39 is 6.10 Å². The van der Waals surface area contributed by atoms with Gasteiger partial charge in [0.2, 0.25) is 0 Å². The van der Waals surface area contributed by atoms with Crippen LogP contribution in [0, 0.1) is 5.82 Å². The van der Waals surface area contributed by atoms with Crippen molar-refractivity contribution < 1.29 is 14.2 Å². The van der Waals surface area contributed by atoms with Crippen molar-refractivity contribution in [1.29, 1.82) is 0 Å². The molecule has 0 saturated carbocycles. The number of hydrogen-bond acceptors (Lipinski definition) is 2. The Labute approximate surface area is 126 Å². The first-order valence-corrected chi connectivity index (χ1v) is 7.24. The molecule has 0 spiro atoms. The largest absolute Gasteiger partial charge is 0.493 e. The molecule has 1 N–H and O–H groups in total. The number of aliphatic hydroxyl groups is 1. The van der Waals surface area contributed by atoms with Gasteiger partial charge in [-0.3, -0.25) is 0 Å². The van der Waals surface area contributed by atoms with E-state index in [0.717, 1.165) is 11.1 Å². The maximum absolute atomic E-state index is 13.2. The van der Waals surface area contributed by atoms with Gasteiger partial charge in [0.25, 0.3) is 0 Å². The van der Waals surface area contributed by atoms with Crippen molar-refractivity contribution in [2.45, 2.75) is 19.4 Å². The normalized spacial score (nSPS) is 12.2. The predicted molar refractivity (Wildman–Crippen MR) is 80.4 cm³/mol. The number of aliphatic hydroxyl groups excluding tert-OH is 1. The van der Waals surface area contributed by atoms with Crippen molar-refractivity contribution in [3.05, 3.63) is 63.9 Å². The van der Waals surface area contributed by atoms with Crippen LogP contribution < -0.4 is 4.74 Å². The number of rotatable bonds is 5. The molecule has 1 atom stereocenters. The molecule has 4 heteroatoms. The Hall–Kier alpha value is -1.39. The zero-order valence-corrected chi connectivity index (χ0v) is 12.7. The molecule has 2 nitrogen and oxygen atoms in total. The van der Waals surface area contributed by atoms with E-state index in [0.29, 0.717) is 23.2 Å². The standard InChI is InChI=1S/C16H16BrFO2/c1-2-20-16-6-4-3-5-12(16)15(19)10-11-7-8-14(18)13(17)9-11/h3-9,15,19H,2,10H2,1H3. The van der Waals surface area contributed by atoms with Gasteiger partial charge in [-0.25, -0.2) is 4.39 Å². The third-order valence-corrected chi connectivity index (χ3v) is 3.60. The quantitative estimate of drug-likeness (QED) is 0.882. The Balaban J connectivity index is 2.19. The van der Waals surface area contributed by atoms with Crippen molar-refractivity contribution >= 4 is 15.9 Å². The van der Waals surface area contributed by atoms with E-state index in [9.17, 15) is 9.50 Å². The Morgan fingerprint density at radius 3 is 2.70 bits per heavy atom. The predicted octanol–water partition coefficient (Wildman–Crippen LogP) is 4.26. The lowest BCUT2D eigenvalue weighted by Gasteiger charge is -2.16. The Morgan fingerprint density at radius 1 is 1.25 bits per heavy atom. The summed E-state index contributed by atoms with van der Waals surface area (Å²) in [7, 11) is 0. The molecule has 2 aromatic rings. The summed E-state index contributed by atoms with van der Waals surface area (Å²) < 4.78 is 19.1. The molecule has 2 rings (SSSR count). The highest BCUT2D eigenvalue weighted by Gasteiger charge is 2.14. The van der Waals surface area contributed by atoms with Crippen LogP contribution in [0.3, 0.4) is 0 Å². The van der Waals surface area contributed by atoms with E-state index in [1.165, 1.54) is 6.07 Å². The first kappa shape index (κ1) is 15.0. The lowest BCUT2D eigenvalue weighted by atomic mass is 10.0. The van der Waals surface area contributed by atoms with Gasteiger partial charge < -0.3 is 9.84 Å². The number of hydrogen-bond donors (Lipinski definition) is 1. The number of halogens is 2. The van der Waals surface area contributed by atoms with E-state index in [1.54, 1.807) is 12.1 Å². The molecule has 0 amide bonds. The second-order valence-electron chi connectivity index (χ2n) is 4.44. The molecule has 0 bridgehead atoms. The van der Waals surface area contributed by atoms with Gasteiger partial charge in [0.1, 0.15) is 11.6 Å². The molecule has 0 heterocycles. The van der Waals surface area contributed by atoms with Crippen LogP contribution in [0.5, 0.6) is 5.75 Å². The van der Waals surface area contributed by atoms with Crippen LogP contribution in [-0.4, -0.2) is 11.7 Å². The summed E-state index contributed by atoms with van der Waals surface area (Å²) in [5.74, 6) is 0.377. The average molecular weight is 339 g/mol. The van der Waals surface area contributed by atoms with Crippen LogP contribution in [0.4, 0.5) is 4.39 Å². The monoisotopic (exact) mass is 338 g/mol. The van der Waals surface area contributed by atoms with Crippen LogP contribution in [0.1, 0.15) is 24.2 Å². The molecule has 0 saturated heterocycles. The molecule has 0 aliphatic rings. The molecule has 106 valence electrons. The van der Waals surface area contributed by atoms with Gasteiger partial charge in [-0.15, -0.1) is 0 Å². The van der Waals surface area contributed by atoms with E-state index >= 15 is 0 Å². The minimum atomic E-state index is -0.685. The zero-order valence-electron chi connectivity index (χ0n) is 11.1. The third-order valence-electron chi connectivity index (χ3n) is 2.99. The first-order chi connectivity index (χ1) is 9.61. The van der Waals surface area contributed by atoms with E-state index in [4.69, 9.17) is 4.74 Å². The van der Waals surface area contributed by atoms with Gasteiger partial charge in [-0.05, 0) is 46.6 Å². The highest BCUT2D eigenvalue weighted by molar-refractivity contribution is 9.10. The Bertz CT molecular complexity index is 586. The lowest BCUT2D eigenvalue weighted by Crippen LogP contribution is -2.05. The van der Waals surface area contributed by atoms with E-state index in [1.807, 2.05) is 31.2 Å². The van der Waals surface area contributed by atoms with Crippen molar-refractivity contribution in [2.75, 3.05) is 6.61 Å². The SMILES string of the molecule is CCOc1ccccc1C(O)Cc1ccc(F)c(Br)c1. The summed E-state index contributed by atoms with van der Waals surface area (Å²) in [6.45, 7) is 2.45. The molecule has 0 aliphatic heterocycles.